The summed E-state index contributed by atoms with van der Waals surface area (Å²) in [7, 11) is 0. The minimum Gasteiger partial charge on any atom is -0.326 e. The lowest BCUT2D eigenvalue weighted by molar-refractivity contribution is 0.102. The van der Waals surface area contributed by atoms with Crippen LogP contribution in [0.3, 0.4) is 0 Å². The van der Waals surface area contributed by atoms with Crippen molar-refractivity contribution in [3.8, 4) is 0 Å². The van der Waals surface area contributed by atoms with Gasteiger partial charge in [0.05, 0.1) is 5.69 Å². The number of hydrogen-bond donors (Lipinski definition) is 2. The SMILES string of the molecule is NCc1ccc(NC(=O)c2cc(F)cc(F)c2)c(F)c1. The Hall–Kier alpha value is -2.34. The Morgan fingerprint density at radius 3 is 2.25 bits per heavy atom. The molecule has 1 amide bonds. The van der Waals surface area contributed by atoms with Gasteiger partial charge in [0.15, 0.2) is 0 Å². The predicted octanol–water partition coefficient (Wildman–Crippen LogP) is 2.81. The van der Waals surface area contributed by atoms with E-state index < -0.39 is 23.4 Å². The van der Waals surface area contributed by atoms with E-state index in [4.69, 9.17) is 5.73 Å². The number of rotatable bonds is 3. The summed E-state index contributed by atoms with van der Waals surface area (Å²) in [5, 5.41) is 2.24. The van der Waals surface area contributed by atoms with Crippen LogP contribution in [0, 0.1) is 17.5 Å². The number of carbonyl (C=O) groups is 1. The van der Waals surface area contributed by atoms with Crippen molar-refractivity contribution in [1.29, 1.82) is 0 Å². The third-order valence-corrected chi connectivity index (χ3v) is 2.64. The Morgan fingerprint density at radius 1 is 1.05 bits per heavy atom. The molecule has 0 spiro atoms. The van der Waals surface area contributed by atoms with Gasteiger partial charge in [-0.1, -0.05) is 6.07 Å². The fourth-order valence-electron chi connectivity index (χ4n) is 1.67. The van der Waals surface area contributed by atoms with E-state index in [0.29, 0.717) is 11.6 Å². The number of amides is 1. The topological polar surface area (TPSA) is 55.1 Å². The van der Waals surface area contributed by atoms with Crippen LogP contribution in [-0.4, -0.2) is 5.91 Å². The first kappa shape index (κ1) is 14.1. The van der Waals surface area contributed by atoms with Gasteiger partial charge in [0, 0.05) is 18.2 Å². The van der Waals surface area contributed by atoms with Crippen LogP contribution in [-0.2, 0) is 6.54 Å². The van der Waals surface area contributed by atoms with Gasteiger partial charge in [-0.05, 0) is 29.8 Å². The molecule has 2 aromatic carbocycles. The number of anilines is 1. The fourth-order valence-corrected chi connectivity index (χ4v) is 1.67. The molecule has 0 aliphatic rings. The van der Waals surface area contributed by atoms with Crippen molar-refractivity contribution in [2.24, 2.45) is 5.73 Å². The quantitative estimate of drug-likeness (QED) is 0.908. The number of carbonyl (C=O) groups excluding carboxylic acids is 1. The summed E-state index contributed by atoms with van der Waals surface area (Å²) >= 11 is 0. The zero-order chi connectivity index (χ0) is 14.7. The Morgan fingerprint density at radius 2 is 1.70 bits per heavy atom. The van der Waals surface area contributed by atoms with Crippen LogP contribution in [0.15, 0.2) is 36.4 Å². The van der Waals surface area contributed by atoms with Crippen molar-refractivity contribution in [3.05, 3.63) is 65.0 Å². The smallest absolute Gasteiger partial charge is 0.255 e. The van der Waals surface area contributed by atoms with Crippen LogP contribution < -0.4 is 11.1 Å². The number of benzene rings is 2. The molecule has 3 N–H and O–H groups in total. The second kappa shape index (κ2) is 5.75. The predicted molar refractivity (Wildman–Crippen MR) is 68.6 cm³/mol. The van der Waals surface area contributed by atoms with Crippen LogP contribution in [0.1, 0.15) is 15.9 Å². The average Bonchev–Trinajstić information content (AvgIpc) is 2.39. The van der Waals surface area contributed by atoms with Crippen molar-refractivity contribution in [2.45, 2.75) is 6.54 Å². The van der Waals surface area contributed by atoms with Gasteiger partial charge >= 0.3 is 0 Å². The third-order valence-electron chi connectivity index (χ3n) is 2.64. The lowest BCUT2D eigenvalue weighted by Gasteiger charge is -2.08. The summed E-state index contributed by atoms with van der Waals surface area (Å²) in [6.07, 6.45) is 0. The van der Waals surface area contributed by atoms with Crippen LogP contribution in [0.2, 0.25) is 0 Å². The summed E-state index contributed by atoms with van der Waals surface area (Å²) in [6, 6.07) is 6.44. The van der Waals surface area contributed by atoms with Crippen LogP contribution in [0.25, 0.3) is 0 Å². The molecule has 6 heteroatoms. The lowest BCUT2D eigenvalue weighted by atomic mass is 10.1. The van der Waals surface area contributed by atoms with Crippen molar-refractivity contribution in [3.63, 3.8) is 0 Å². The Balaban J connectivity index is 2.23. The van der Waals surface area contributed by atoms with E-state index in [1.165, 1.54) is 12.1 Å². The molecule has 104 valence electrons. The first-order chi connectivity index (χ1) is 9.49. The molecule has 0 fully saturated rings. The monoisotopic (exact) mass is 280 g/mol. The molecule has 3 nitrogen and oxygen atoms in total. The van der Waals surface area contributed by atoms with Gasteiger partial charge in [0.25, 0.3) is 5.91 Å². The fraction of sp³-hybridized carbons (Fsp3) is 0.0714. The van der Waals surface area contributed by atoms with Gasteiger partial charge < -0.3 is 11.1 Å². The summed E-state index contributed by atoms with van der Waals surface area (Å²) < 4.78 is 39.6. The molecule has 0 aliphatic carbocycles. The largest absolute Gasteiger partial charge is 0.326 e. The van der Waals surface area contributed by atoms with Crippen molar-refractivity contribution < 1.29 is 18.0 Å². The van der Waals surface area contributed by atoms with E-state index in [2.05, 4.69) is 5.32 Å². The maximum atomic E-state index is 13.7. The Bertz CT molecular complexity index is 639. The van der Waals surface area contributed by atoms with Crippen molar-refractivity contribution in [1.82, 2.24) is 0 Å². The molecule has 0 unspecified atom stereocenters. The third kappa shape index (κ3) is 3.16. The lowest BCUT2D eigenvalue weighted by Crippen LogP contribution is -2.14. The van der Waals surface area contributed by atoms with E-state index in [9.17, 15) is 18.0 Å². The first-order valence-electron chi connectivity index (χ1n) is 5.75. The molecule has 0 atom stereocenters. The molecule has 2 aromatic rings. The molecular weight excluding hydrogens is 269 g/mol. The summed E-state index contributed by atoms with van der Waals surface area (Å²) in [4.78, 5) is 11.8. The average molecular weight is 280 g/mol. The second-order valence-electron chi connectivity index (χ2n) is 4.13. The normalized spacial score (nSPS) is 10.4. The van der Waals surface area contributed by atoms with Crippen molar-refractivity contribution >= 4 is 11.6 Å². The zero-order valence-corrected chi connectivity index (χ0v) is 10.3. The zero-order valence-electron chi connectivity index (χ0n) is 10.3. The number of nitrogens with one attached hydrogen (secondary N) is 1. The number of halogens is 3. The van der Waals surface area contributed by atoms with Gasteiger partial charge in [-0.2, -0.15) is 0 Å². The highest BCUT2D eigenvalue weighted by atomic mass is 19.1. The standard InChI is InChI=1S/C14H11F3N2O/c15-10-4-9(5-11(16)6-10)14(20)19-13-2-1-8(7-18)3-12(13)17/h1-6H,7,18H2,(H,19,20). The molecule has 0 heterocycles. The summed E-state index contributed by atoms with van der Waals surface area (Å²) in [6.45, 7) is 0.167. The summed E-state index contributed by atoms with van der Waals surface area (Å²) in [5.74, 6) is -3.23. The Labute approximate surface area is 113 Å². The van der Waals surface area contributed by atoms with E-state index in [-0.39, 0.29) is 17.8 Å². The van der Waals surface area contributed by atoms with Gasteiger partial charge in [0.1, 0.15) is 17.5 Å². The highest BCUT2D eigenvalue weighted by Crippen LogP contribution is 2.17. The highest BCUT2D eigenvalue weighted by Gasteiger charge is 2.12. The molecule has 2 rings (SSSR count). The number of nitrogens with two attached hydrogens (primary N) is 1. The molecule has 0 aliphatic heterocycles. The van der Waals surface area contributed by atoms with Crippen molar-refractivity contribution in [2.75, 3.05) is 5.32 Å². The highest BCUT2D eigenvalue weighted by molar-refractivity contribution is 6.04. The van der Waals surface area contributed by atoms with Crippen LogP contribution in [0.5, 0.6) is 0 Å². The van der Waals surface area contributed by atoms with Gasteiger partial charge in [-0.15, -0.1) is 0 Å². The Kier molecular flexibility index (Phi) is 4.05. The molecule has 0 bridgehead atoms. The molecule has 0 radical (unpaired) electrons. The van der Waals surface area contributed by atoms with Gasteiger partial charge in [0.2, 0.25) is 0 Å². The van der Waals surface area contributed by atoms with Gasteiger partial charge in [-0.25, -0.2) is 13.2 Å². The summed E-state index contributed by atoms with van der Waals surface area (Å²) in [5.41, 5.74) is 5.61. The van der Waals surface area contributed by atoms with E-state index in [0.717, 1.165) is 12.1 Å². The molecule has 0 saturated heterocycles. The minimum absolute atomic E-state index is 0.0862. The first-order valence-corrected chi connectivity index (χ1v) is 5.75. The van der Waals surface area contributed by atoms with Gasteiger partial charge in [-0.3, -0.25) is 4.79 Å². The second-order valence-corrected chi connectivity index (χ2v) is 4.13. The van der Waals surface area contributed by atoms with Crippen LogP contribution in [0.4, 0.5) is 18.9 Å². The maximum Gasteiger partial charge on any atom is 0.255 e. The number of hydrogen-bond acceptors (Lipinski definition) is 2. The minimum atomic E-state index is -0.880. The molecule has 0 saturated carbocycles. The van der Waals surface area contributed by atoms with E-state index in [1.807, 2.05) is 0 Å². The molecule has 20 heavy (non-hydrogen) atoms. The molecular formula is C14H11F3N2O. The molecule has 0 aromatic heterocycles. The van der Waals surface area contributed by atoms with E-state index in [1.54, 1.807) is 6.07 Å². The van der Waals surface area contributed by atoms with Crippen LogP contribution >= 0.6 is 0 Å². The maximum absolute atomic E-state index is 13.7. The van der Waals surface area contributed by atoms with E-state index >= 15 is 0 Å².